The van der Waals surface area contributed by atoms with Gasteiger partial charge < -0.3 is 9.55 Å². The molecular weight excluding hydrogens is 391 g/mol. The highest BCUT2D eigenvalue weighted by Crippen LogP contribution is 2.38. The molecule has 1 atom stereocenters. The molecule has 0 bridgehead atoms. The average Bonchev–Trinajstić information content (AvgIpc) is 3.30. The second-order valence-electron chi connectivity index (χ2n) is 5.81. The van der Waals surface area contributed by atoms with Crippen LogP contribution in [0.4, 0.5) is 0 Å². The molecule has 2 heterocycles. The minimum atomic E-state index is -0.202. The van der Waals surface area contributed by atoms with E-state index >= 15 is 0 Å². The molecule has 0 fully saturated rings. The molecule has 2 aromatic carbocycles. The second-order valence-corrected chi connectivity index (χ2v) is 7.09. The molecule has 0 saturated heterocycles. The highest BCUT2D eigenvalue weighted by atomic mass is 35.5. The summed E-state index contributed by atoms with van der Waals surface area (Å²) in [6.45, 7) is 0. The molecule has 0 radical (unpaired) electrons. The molecule has 0 aliphatic carbocycles. The first-order chi connectivity index (χ1) is 12.6. The van der Waals surface area contributed by atoms with E-state index in [9.17, 15) is 0 Å². The van der Waals surface area contributed by atoms with Crippen LogP contribution in [-0.2, 0) is 0 Å². The number of aromatic nitrogens is 4. The molecule has 0 aliphatic rings. The van der Waals surface area contributed by atoms with Crippen LogP contribution >= 0.6 is 34.8 Å². The first kappa shape index (κ1) is 17.2. The summed E-state index contributed by atoms with van der Waals surface area (Å²) in [6, 6.07) is 13.0. The van der Waals surface area contributed by atoms with Gasteiger partial charge >= 0.3 is 0 Å². The van der Waals surface area contributed by atoms with Gasteiger partial charge in [-0.05, 0) is 35.4 Å². The summed E-state index contributed by atoms with van der Waals surface area (Å²) in [7, 11) is 0. The molecule has 4 rings (SSSR count). The summed E-state index contributed by atoms with van der Waals surface area (Å²) < 4.78 is 1.91. The van der Waals surface area contributed by atoms with Crippen LogP contribution in [0.3, 0.4) is 0 Å². The van der Waals surface area contributed by atoms with Gasteiger partial charge in [0.1, 0.15) is 12.7 Å². The van der Waals surface area contributed by atoms with Crippen LogP contribution in [0, 0.1) is 0 Å². The Kier molecular flexibility index (Phi) is 4.72. The standard InChI is InChI=1S/C19H13Cl3N4/c20-13-3-1-12(2-4-13)16-8-23-9-17(16)19(26-10-24-25-11-26)15-6-5-14(21)7-18(15)22/h1-11,19,23H. The van der Waals surface area contributed by atoms with Gasteiger partial charge in [0.2, 0.25) is 0 Å². The molecular formula is C19H13Cl3N4. The molecule has 2 aromatic heterocycles. The number of benzene rings is 2. The number of aromatic amines is 1. The SMILES string of the molecule is Clc1ccc(-c2c[nH]cc2C(c2ccc(Cl)cc2Cl)n2cnnc2)cc1. The van der Waals surface area contributed by atoms with Gasteiger partial charge in [0.15, 0.2) is 0 Å². The summed E-state index contributed by atoms with van der Waals surface area (Å²) in [5, 5.41) is 9.78. The summed E-state index contributed by atoms with van der Waals surface area (Å²) >= 11 is 18.6. The van der Waals surface area contributed by atoms with Gasteiger partial charge in [-0.15, -0.1) is 10.2 Å². The van der Waals surface area contributed by atoms with Crippen LogP contribution in [0.15, 0.2) is 67.5 Å². The van der Waals surface area contributed by atoms with E-state index < -0.39 is 0 Å². The summed E-state index contributed by atoms with van der Waals surface area (Å²) in [4.78, 5) is 3.20. The fraction of sp³-hybridized carbons (Fsp3) is 0.0526. The minimum Gasteiger partial charge on any atom is -0.367 e. The van der Waals surface area contributed by atoms with Crippen molar-refractivity contribution in [2.45, 2.75) is 6.04 Å². The van der Waals surface area contributed by atoms with E-state index in [2.05, 4.69) is 15.2 Å². The summed E-state index contributed by atoms with van der Waals surface area (Å²) in [5.74, 6) is 0. The lowest BCUT2D eigenvalue weighted by Gasteiger charge is -2.21. The Labute approximate surface area is 165 Å². The zero-order valence-corrected chi connectivity index (χ0v) is 15.7. The van der Waals surface area contributed by atoms with Crippen molar-refractivity contribution in [2.24, 2.45) is 0 Å². The average molecular weight is 404 g/mol. The molecule has 4 nitrogen and oxygen atoms in total. The Bertz CT molecular complexity index is 1020. The van der Waals surface area contributed by atoms with Gasteiger partial charge in [-0.1, -0.05) is 53.0 Å². The van der Waals surface area contributed by atoms with E-state index in [1.807, 2.05) is 53.4 Å². The van der Waals surface area contributed by atoms with Crippen LogP contribution in [0.1, 0.15) is 17.2 Å². The van der Waals surface area contributed by atoms with Crippen molar-refractivity contribution < 1.29 is 0 Å². The molecule has 0 saturated carbocycles. The van der Waals surface area contributed by atoms with Crippen molar-refractivity contribution in [3.05, 3.63) is 93.7 Å². The fourth-order valence-corrected chi connectivity index (χ4v) is 3.67. The third kappa shape index (κ3) is 3.23. The first-order valence-corrected chi connectivity index (χ1v) is 8.98. The maximum Gasteiger partial charge on any atom is 0.120 e. The van der Waals surface area contributed by atoms with Crippen LogP contribution < -0.4 is 0 Å². The predicted molar refractivity (Wildman–Crippen MR) is 105 cm³/mol. The maximum atomic E-state index is 6.51. The lowest BCUT2D eigenvalue weighted by atomic mass is 9.94. The van der Waals surface area contributed by atoms with E-state index in [1.54, 1.807) is 18.7 Å². The quantitative estimate of drug-likeness (QED) is 0.463. The molecule has 4 aromatic rings. The molecule has 7 heteroatoms. The van der Waals surface area contributed by atoms with Crippen LogP contribution in [0.5, 0.6) is 0 Å². The van der Waals surface area contributed by atoms with Gasteiger partial charge in [0, 0.05) is 38.6 Å². The Morgan fingerprint density at radius 3 is 2.19 bits per heavy atom. The van der Waals surface area contributed by atoms with E-state index in [1.165, 1.54) is 0 Å². The zero-order chi connectivity index (χ0) is 18.1. The monoisotopic (exact) mass is 402 g/mol. The number of nitrogens with zero attached hydrogens (tertiary/aromatic N) is 3. The topological polar surface area (TPSA) is 46.5 Å². The fourth-order valence-electron chi connectivity index (χ4n) is 3.04. The van der Waals surface area contributed by atoms with Gasteiger partial charge in [0.05, 0.1) is 6.04 Å². The van der Waals surface area contributed by atoms with Crippen LogP contribution in [-0.4, -0.2) is 19.7 Å². The van der Waals surface area contributed by atoms with Gasteiger partial charge in [0.25, 0.3) is 0 Å². The van der Waals surface area contributed by atoms with Gasteiger partial charge in [-0.25, -0.2) is 0 Å². The number of hydrogen-bond acceptors (Lipinski definition) is 2. The van der Waals surface area contributed by atoms with Crippen LogP contribution in [0.25, 0.3) is 11.1 Å². The molecule has 130 valence electrons. The van der Waals surface area contributed by atoms with E-state index in [0.29, 0.717) is 15.1 Å². The van der Waals surface area contributed by atoms with Crippen LogP contribution in [0.2, 0.25) is 15.1 Å². The third-order valence-electron chi connectivity index (χ3n) is 4.22. The number of H-pyrrole nitrogens is 1. The Morgan fingerprint density at radius 1 is 0.808 bits per heavy atom. The molecule has 26 heavy (non-hydrogen) atoms. The van der Waals surface area contributed by atoms with Crippen molar-refractivity contribution in [1.82, 2.24) is 19.7 Å². The Balaban J connectivity index is 1.89. The number of halogens is 3. The van der Waals surface area contributed by atoms with Gasteiger partial charge in [-0.3, -0.25) is 0 Å². The van der Waals surface area contributed by atoms with E-state index in [4.69, 9.17) is 34.8 Å². The van der Waals surface area contributed by atoms with E-state index in [-0.39, 0.29) is 6.04 Å². The first-order valence-electron chi connectivity index (χ1n) is 7.85. The molecule has 0 amide bonds. The predicted octanol–water partition coefficient (Wildman–Crippen LogP) is 5.87. The van der Waals surface area contributed by atoms with E-state index in [0.717, 1.165) is 22.3 Å². The largest absolute Gasteiger partial charge is 0.367 e. The van der Waals surface area contributed by atoms with Gasteiger partial charge in [-0.2, -0.15) is 0 Å². The number of nitrogens with one attached hydrogen (secondary N) is 1. The highest BCUT2D eigenvalue weighted by Gasteiger charge is 2.23. The lowest BCUT2D eigenvalue weighted by molar-refractivity contribution is 0.676. The molecule has 1 unspecified atom stereocenters. The normalized spacial score (nSPS) is 12.3. The molecule has 0 aliphatic heterocycles. The smallest absolute Gasteiger partial charge is 0.120 e. The number of rotatable bonds is 4. The Hall–Kier alpha value is -2.27. The zero-order valence-electron chi connectivity index (χ0n) is 13.4. The van der Waals surface area contributed by atoms with Crippen molar-refractivity contribution in [2.75, 3.05) is 0 Å². The molecule has 1 N–H and O–H groups in total. The van der Waals surface area contributed by atoms with Crippen molar-refractivity contribution >= 4 is 34.8 Å². The third-order valence-corrected chi connectivity index (χ3v) is 5.03. The molecule has 0 spiro atoms. The second kappa shape index (κ2) is 7.16. The summed E-state index contributed by atoms with van der Waals surface area (Å²) in [6.07, 6.45) is 7.27. The summed E-state index contributed by atoms with van der Waals surface area (Å²) in [5.41, 5.74) is 4.04. The van der Waals surface area contributed by atoms with Crippen molar-refractivity contribution in [1.29, 1.82) is 0 Å². The number of hydrogen-bond donors (Lipinski definition) is 1. The maximum absolute atomic E-state index is 6.51. The van der Waals surface area contributed by atoms with Crippen molar-refractivity contribution in [3.8, 4) is 11.1 Å². The highest BCUT2D eigenvalue weighted by molar-refractivity contribution is 6.35. The van der Waals surface area contributed by atoms with Crippen molar-refractivity contribution in [3.63, 3.8) is 0 Å². The lowest BCUT2D eigenvalue weighted by Crippen LogP contribution is -2.11. The Morgan fingerprint density at radius 2 is 1.50 bits per heavy atom. The minimum absolute atomic E-state index is 0.202.